The summed E-state index contributed by atoms with van der Waals surface area (Å²) in [5, 5.41) is 4.46. The molecule has 7 heteroatoms. The minimum atomic E-state index is 0.537. The first kappa shape index (κ1) is 19.4. The maximum Gasteiger partial charge on any atom is 0.203 e. The van der Waals surface area contributed by atoms with Gasteiger partial charge in [0.25, 0.3) is 0 Å². The molecule has 0 unspecified atom stereocenters. The van der Waals surface area contributed by atoms with Crippen LogP contribution in [-0.2, 0) is 6.54 Å². The van der Waals surface area contributed by atoms with E-state index < -0.39 is 0 Å². The summed E-state index contributed by atoms with van der Waals surface area (Å²) in [6, 6.07) is 13.9. The number of nitrogens with zero attached hydrogens (tertiary/aromatic N) is 4. The molecule has 152 valence electrons. The summed E-state index contributed by atoms with van der Waals surface area (Å²) in [6.07, 6.45) is 7.20. The molecule has 7 nitrogen and oxygen atoms in total. The Labute approximate surface area is 174 Å². The van der Waals surface area contributed by atoms with Crippen molar-refractivity contribution in [1.29, 1.82) is 0 Å². The lowest BCUT2D eigenvalue weighted by Crippen LogP contribution is -1.99. The number of benzene rings is 2. The second-order valence-electron chi connectivity index (χ2n) is 6.62. The van der Waals surface area contributed by atoms with Crippen molar-refractivity contribution >= 4 is 0 Å². The van der Waals surface area contributed by atoms with Crippen molar-refractivity contribution in [3.8, 4) is 39.8 Å². The molecule has 0 radical (unpaired) electrons. The average Bonchev–Trinajstić information content (AvgIpc) is 3.27. The van der Waals surface area contributed by atoms with E-state index in [1.807, 2.05) is 41.2 Å². The SMILES string of the molecule is COc1cc(-c2cncc(-c3cnn(Cc4ccccc4)c3)n2)cc(OC)c1OC. The van der Waals surface area contributed by atoms with Gasteiger partial charge in [0.2, 0.25) is 5.75 Å². The van der Waals surface area contributed by atoms with Crippen LogP contribution >= 0.6 is 0 Å². The zero-order valence-corrected chi connectivity index (χ0v) is 17.1. The Bertz CT molecular complexity index is 1120. The van der Waals surface area contributed by atoms with Crippen LogP contribution in [0.3, 0.4) is 0 Å². The zero-order chi connectivity index (χ0) is 20.9. The standard InChI is InChI=1S/C23H22N4O3/c1-28-21-9-17(10-22(29-2)23(21)30-3)19-12-24-13-20(26-19)18-11-25-27(15-18)14-16-7-5-4-6-8-16/h4-13,15H,14H2,1-3H3. The predicted molar refractivity (Wildman–Crippen MR) is 114 cm³/mol. The Morgan fingerprint density at radius 2 is 1.47 bits per heavy atom. The van der Waals surface area contributed by atoms with Gasteiger partial charge in [0.15, 0.2) is 11.5 Å². The third kappa shape index (κ3) is 3.96. The predicted octanol–water partition coefficient (Wildman–Crippen LogP) is 4.08. The third-order valence-corrected chi connectivity index (χ3v) is 4.71. The van der Waals surface area contributed by atoms with Gasteiger partial charge in [0, 0.05) is 17.3 Å². The molecule has 0 N–H and O–H groups in total. The van der Waals surface area contributed by atoms with Gasteiger partial charge in [-0.2, -0.15) is 5.10 Å². The minimum Gasteiger partial charge on any atom is -0.493 e. The smallest absolute Gasteiger partial charge is 0.203 e. The van der Waals surface area contributed by atoms with E-state index in [4.69, 9.17) is 19.2 Å². The van der Waals surface area contributed by atoms with Crippen molar-refractivity contribution in [2.45, 2.75) is 6.54 Å². The molecule has 2 heterocycles. The van der Waals surface area contributed by atoms with Crippen molar-refractivity contribution < 1.29 is 14.2 Å². The molecule has 0 amide bonds. The fourth-order valence-corrected chi connectivity index (χ4v) is 3.23. The molecular weight excluding hydrogens is 380 g/mol. The van der Waals surface area contributed by atoms with E-state index in [9.17, 15) is 0 Å². The lowest BCUT2D eigenvalue weighted by atomic mass is 10.1. The molecule has 0 fully saturated rings. The van der Waals surface area contributed by atoms with Gasteiger partial charge in [0.05, 0.1) is 57.9 Å². The van der Waals surface area contributed by atoms with Crippen LogP contribution in [-0.4, -0.2) is 41.1 Å². The molecule has 0 aliphatic carbocycles. The van der Waals surface area contributed by atoms with Gasteiger partial charge in [-0.05, 0) is 17.7 Å². The lowest BCUT2D eigenvalue weighted by Gasteiger charge is -2.14. The molecule has 2 aromatic heterocycles. The largest absolute Gasteiger partial charge is 0.493 e. The van der Waals surface area contributed by atoms with Crippen LogP contribution in [0.1, 0.15) is 5.56 Å². The summed E-state index contributed by atoms with van der Waals surface area (Å²) < 4.78 is 18.2. The van der Waals surface area contributed by atoms with E-state index >= 15 is 0 Å². The Balaban J connectivity index is 1.65. The van der Waals surface area contributed by atoms with Gasteiger partial charge < -0.3 is 14.2 Å². The normalized spacial score (nSPS) is 10.6. The van der Waals surface area contributed by atoms with Crippen LogP contribution < -0.4 is 14.2 Å². The maximum atomic E-state index is 5.45. The second-order valence-corrected chi connectivity index (χ2v) is 6.62. The van der Waals surface area contributed by atoms with Crippen molar-refractivity contribution in [3.05, 3.63) is 72.8 Å². The number of ether oxygens (including phenoxy) is 3. The first-order valence-electron chi connectivity index (χ1n) is 9.41. The Morgan fingerprint density at radius 3 is 2.10 bits per heavy atom. The monoisotopic (exact) mass is 402 g/mol. The van der Waals surface area contributed by atoms with E-state index in [1.54, 1.807) is 39.9 Å². The Morgan fingerprint density at radius 1 is 0.800 bits per heavy atom. The number of hydrogen-bond acceptors (Lipinski definition) is 6. The van der Waals surface area contributed by atoms with Gasteiger partial charge in [0.1, 0.15) is 0 Å². The highest BCUT2D eigenvalue weighted by Gasteiger charge is 2.15. The molecule has 2 aromatic carbocycles. The first-order chi connectivity index (χ1) is 14.7. The summed E-state index contributed by atoms with van der Waals surface area (Å²) in [4.78, 5) is 9.14. The second kappa shape index (κ2) is 8.65. The fraction of sp³-hybridized carbons (Fsp3) is 0.174. The van der Waals surface area contributed by atoms with Crippen LogP contribution in [0.2, 0.25) is 0 Å². The topological polar surface area (TPSA) is 71.3 Å². The maximum absolute atomic E-state index is 5.45. The average molecular weight is 402 g/mol. The number of hydrogen-bond donors (Lipinski definition) is 0. The van der Waals surface area contributed by atoms with E-state index in [0.29, 0.717) is 29.5 Å². The minimum absolute atomic E-state index is 0.537. The van der Waals surface area contributed by atoms with E-state index in [0.717, 1.165) is 16.8 Å². The van der Waals surface area contributed by atoms with Crippen LogP contribution in [0, 0.1) is 0 Å². The molecule has 4 rings (SSSR count). The third-order valence-electron chi connectivity index (χ3n) is 4.71. The van der Waals surface area contributed by atoms with Gasteiger partial charge in [-0.3, -0.25) is 9.67 Å². The summed E-state index contributed by atoms with van der Waals surface area (Å²) in [5.41, 5.74) is 4.33. The quantitative estimate of drug-likeness (QED) is 0.464. The van der Waals surface area contributed by atoms with Crippen molar-refractivity contribution in [2.75, 3.05) is 21.3 Å². The van der Waals surface area contributed by atoms with Crippen molar-refractivity contribution in [2.24, 2.45) is 0 Å². The van der Waals surface area contributed by atoms with E-state index in [-0.39, 0.29) is 0 Å². The molecule has 0 bridgehead atoms. The molecule has 30 heavy (non-hydrogen) atoms. The van der Waals surface area contributed by atoms with Crippen LogP contribution in [0.4, 0.5) is 0 Å². The Kier molecular flexibility index (Phi) is 5.61. The fourth-order valence-electron chi connectivity index (χ4n) is 3.23. The molecule has 0 aliphatic rings. The van der Waals surface area contributed by atoms with E-state index in [2.05, 4.69) is 22.2 Å². The lowest BCUT2D eigenvalue weighted by molar-refractivity contribution is 0.324. The summed E-state index contributed by atoms with van der Waals surface area (Å²) in [6.45, 7) is 0.695. The zero-order valence-electron chi connectivity index (χ0n) is 17.1. The van der Waals surface area contributed by atoms with Crippen LogP contribution in [0.5, 0.6) is 17.2 Å². The van der Waals surface area contributed by atoms with E-state index in [1.165, 1.54) is 5.56 Å². The molecule has 4 aromatic rings. The molecular formula is C23H22N4O3. The molecule has 0 spiro atoms. The summed E-state index contributed by atoms with van der Waals surface area (Å²) in [7, 11) is 4.75. The number of aromatic nitrogens is 4. The highest BCUT2D eigenvalue weighted by atomic mass is 16.5. The summed E-state index contributed by atoms with van der Waals surface area (Å²) in [5.74, 6) is 1.67. The highest BCUT2D eigenvalue weighted by molar-refractivity contribution is 5.70. The molecule has 0 aliphatic heterocycles. The molecule has 0 saturated heterocycles. The number of rotatable bonds is 7. The Hall–Kier alpha value is -3.87. The van der Waals surface area contributed by atoms with Crippen molar-refractivity contribution in [3.63, 3.8) is 0 Å². The summed E-state index contributed by atoms with van der Waals surface area (Å²) >= 11 is 0. The van der Waals surface area contributed by atoms with Gasteiger partial charge in [-0.15, -0.1) is 0 Å². The van der Waals surface area contributed by atoms with Crippen LogP contribution in [0.15, 0.2) is 67.3 Å². The molecule has 0 saturated carbocycles. The number of methoxy groups -OCH3 is 3. The highest BCUT2D eigenvalue weighted by Crippen LogP contribution is 2.40. The van der Waals surface area contributed by atoms with Crippen molar-refractivity contribution in [1.82, 2.24) is 19.7 Å². The van der Waals surface area contributed by atoms with Gasteiger partial charge in [-0.25, -0.2) is 4.98 Å². The van der Waals surface area contributed by atoms with Gasteiger partial charge >= 0.3 is 0 Å². The first-order valence-corrected chi connectivity index (χ1v) is 9.41. The van der Waals surface area contributed by atoms with Gasteiger partial charge in [-0.1, -0.05) is 30.3 Å². The van der Waals surface area contributed by atoms with Crippen LogP contribution in [0.25, 0.3) is 22.5 Å². The molecule has 0 atom stereocenters.